The van der Waals surface area contributed by atoms with Gasteiger partial charge in [-0.15, -0.1) is 0 Å². The minimum absolute atomic E-state index is 0.192. The summed E-state index contributed by atoms with van der Waals surface area (Å²) in [6.07, 6.45) is 2.52. The molecule has 36 heavy (non-hydrogen) atoms. The summed E-state index contributed by atoms with van der Waals surface area (Å²) in [5.41, 5.74) is 3.22. The smallest absolute Gasteiger partial charge is 0.231 e. The molecule has 0 aliphatic carbocycles. The van der Waals surface area contributed by atoms with Gasteiger partial charge in [-0.25, -0.2) is 0 Å². The number of halogens is 1. The van der Waals surface area contributed by atoms with E-state index in [1.807, 2.05) is 30.3 Å². The Morgan fingerprint density at radius 3 is 2.42 bits per heavy atom. The Labute approximate surface area is 214 Å². The minimum Gasteiger partial charge on any atom is -0.496 e. The van der Waals surface area contributed by atoms with Crippen LogP contribution in [0, 0.1) is 0 Å². The third-order valence-corrected chi connectivity index (χ3v) is 6.59. The molecule has 7 nitrogen and oxygen atoms in total. The number of nitrogens with zero attached hydrogens (tertiary/aromatic N) is 1. The van der Waals surface area contributed by atoms with Gasteiger partial charge in [-0.3, -0.25) is 9.69 Å². The third kappa shape index (κ3) is 4.59. The Hall–Kier alpha value is -3.68. The van der Waals surface area contributed by atoms with Crippen LogP contribution in [-0.4, -0.2) is 45.3 Å². The van der Waals surface area contributed by atoms with Gasteiger partial charge in [0.25, 0.3) is 0 Å². The molecular weight excluding hydrogens is 482 g/mol. The van der Waals surface area contributed by atoms with Gasteiger partial charge in [0, 0.05) is 29.7 Å². The van der Waals surface area contributed by atoms with Crippen LogP contribution >= 0.6 is 11.6 Å². The number of carbonyl (C=O) groups excluding carboxylic acids is 1. The van der Waals surface area contributed by atoms with Crippen LogP contribution in [0.15, 0.2) is 54.3 Å². The monoisotopic (exact) mass is 507 g/mol. The number of rotatable bonds is 7. The Kier molecular flexibility index (Phi) is 6.76. The van der Waals surface area contributed by atoms with Gasteiger partial charge in [-0.2, -0.15) is 0 Å². The second kappa shape index (κ2) is 10.1. The lowest BCUT2D eigenvalue weighted by Crippen LogP contribution is -2.33. The summed E-state index contributed by atoms with van der Waals surface area (Å²) in [7, 11) is 4.67. The van der Waals surface area contributed by atoms with Gasteiger partial charge in [0.05, 0.1) is 32.5 Å². The molecule has 2 aliphatic rings. The van der Waals surface area contributed by atoms with Gasteiger partial charge in [0.15, 0.2) is 17.3 Å². The van der Waals surface area contributed by atoms with E-state index in [2.05, 4.69) is 4.90 Å². The maximum Gasteiger partial charge on any atom is 0.231 e. The molecule has 0 fully saturated rings. The van der Waals surface area contributed by atoms with E-state index in [4.69, 9.17) is 35.3 Å². The number of hydrogen-bond donors (Lipinski definition) is 0. The highest BCUT2D eigenvalue weighted by molar-refractivity contribution is 6.30. The Bertz CT molecular complexity index is 1330. The zero-order valence-electron chi connectivity index (χ0n) is 20.3. The van der Waals surface area contributed by atoms with Crippen LogP contribution in [0.2, 0.25) is 5.02 Å². The number of fused-ring (bicyclic) bond motifs is 3. The molecule has 0 saturated carbocycles. The first-order valence-corrected chi connectivity index (χ1v) is 11.9. The summed E-state index contributed by atoms with van der Waals surface area (Å²) in [6, 6.07) is 14.9. The molecule has 3 aromatic carbocycles. The number of allylic oxidation sites excluding steroid dienone is 1. The second-order valence-electron chi connectivity index (χ2n) is 8.51. The summed E-state index contributed by atoms with van der Waals surface area (Å²) in [5, 5.41) is 0.723. The summed E-state index contributed by atoms with van der Waals surface area (Å²) >= 11 is 6.00. The summed E-state index contributed by atoms with van der Waals surface area (Å²) < 4.78 is 28.4. The quantitative estimate of drug-likeness (QED) is 0.398. The van der Waals surface area contributed by atoms with Crippen molar-refractivity contribution in [1.82, 2.24) is 4.90 Å². The van der Waals surface area contributed by atoms with Crippen LogP contribution in [-0.2, 0) is 13.0 Å². The van der Waals surface area contributed by atoms with Crippen molar-refractivity contribution in [3.8, 4) is 28.7 Å². The number of Topliss-reactive ketones (excluding diaryl/α,β-unsaturated/α-hetero) is 1. The van der Waals surface area contributed by atoms with E-state index in [-0.39, 0.29) is 11.5 Å². The van der Waals surface area contributed by atoms with Crippen LogP contribution in [0.25, 0.3) is 6.08 Å². The second-order valence-corrected chi connectivity index (χ2v) is 8.95. The first kappa shape index (κ1) is 24.0. The van der Waals surface area contributed by atoms with Crippen LogP contribution in [0.5, 0.6) is 28.7 Å². The Balaban J connectivity index is 1.39. The van der Waals surface area contributed by atoms with Gasteiger partial charge < -0.3 is 23.7 Å². The van der Waals surface area contributed by atoms with Gasteiger partial charge in [0.1, 0.15) is 24.0 Å². The summed E-state index contributed by atoms with van der Waals surface area (Å²) in [6.45, 7) is 1.88. The van der Waals surface area contributed by atoms with E-state index < -0.39 is 0 Å². The fraction of sp³-hybridized carbons (Fsp3) is 0.250. The fourth-order valence-corrected chi connectivity index (χ4v) is 4.52. The number of hydrogen-bond acceptors (Lipinski definition) is 7. The zero-order valence-corrected chi connectivity index (χ0v) is 21.1. The van der Waals surface area contributed by atoms with E-state index in [0.29, 0.717) is 47.4 Å². The molecule has 0 unspecified atom stereocenters. The molecule has 3 aromatic rings. The lowest BCUT2D eigenvalue weighted by molar-refractivity contribution is 0.0950. The van der Waals surface area contributed by atoms with Gasteiger partial charge >= 0.3 is 0 Å². The van der Waals surface area contributed by atoms with Crippen molar-refractivity contribution in [2.75, 3.05) is 34.6 Å². The Morgan fingerprint density at radius 2 is 1.69 bits per heavy atom. The SMILES string of the molecule is COc1cc(OC)c(OC)cc1/C=C1\Oc2c(ccc3c2CN(CCc2ccc(Cl)cc2)CO3)C1=O. The third-order valence-electron chi connectivity index (χ3n) is 6.33. The number of ether oxygens (including phenoxy) is 5. The molecule has 2 heterocycles. The van der Waals surface area contributed by atoms with Crippen molar-refractivity contribution in [2.24, 2.45) is 0 Å². The van der Waals surface area contributed by atoms with Crippen molar-refractivity contribution >= 4 is 23.5 Å². The Morgan fingerprint density at radius 1 is 0.972 bits per heavy atom. The number of benzene rings is 3. The number of ketones is 1. The van der Waals surface area contributed by atoms with Gasteiger partial charge in [-0.05, 0) is 48.4 Å². The normalized spacial score (nSPS) is 15.7. The summed E-state index contributed by atoms with van der Waals surface area (Å²) in [4.78, 5) is 15.4. The van der Waals surface area contributed by atoms with Gasteiger partial charge in [0.2, 0.25) is 5.78 Å². The maximum absolute atomic E-state index is 13.2. The molecule has 0 atom stereocenters. The summed E-state index contributed by atoms with van der Waals surface area (Å²) in [5.74, 6) is 2.88. The highest BCUT2D eigenvalue weighted by Crippen LogP contribution is 2.43. The molecule has 2 aliphatic heterocycles. The molecule has 0 saturated heterocycles. The van der Waals surface area contributed by atoms with E-state index in [9.17, 15) is 4.79 Å². The highest BCUT2D eigenvalue weighted by Gasteiger charge is 2.34. The zero-order chi connectivity index (χ0) is 25.2. The maximum atomic E-state index is 13.2. The predicted molar refractivity (Wildman–Crippen MR) is 137 cm³/mol. The molecule has 0 aromatic heterocycles. The van der Waals surface area contributed by atoms with E-state index in [1.165, 1.54) is 5.56 Å². The fourth-order valence-electron chi connectivity index (χ4n) is 4.39. The van der Waals surface area contributed by atoms with Gasteiger partial charge in [-0.1, -0.05) is 23.7 Å². The number of methoxy groups -OCH3 is 3. The number of carbonyl (C=O) groups is 1. The largest absolute Gasteiger partial charge is 0.496 e. The standard InChI is InChI=1S/C28H26ClNO6/c1-32-23-14-25(34-3)24(33-2)12-18(23)13-26-27(31)20-8-9-22-21(28(20)36-26)15-30(16-35-22)11-10-17-4-6-19(29)7-5-17/h4-9,12-14H,10-11,15-16H2,1-3H3/b26-13-. The molecular formula is C28H26ClNO6. The van der Waals surface area contributed by atoms with Crippen LogP contribution in [0.4, 0.5) is 0 Å². The van der Waals surface area contributed by atoms with Crippen molar-refractivity contribution in [2.45, 2.75) is 13.0 Å². The molecule has 5 rings (SSSR count). The molecule has 0 amide bonds. The van der Waals surface area contributed by atoms with Crippen molar-refractivity contribution < 1.29 is 28.5 Å². The van der Waals surface area contributed by atoms with E-state index in [1.54, 1.807) is 45.6 Å². The average molecular weight is 508 g/mol. The average Bonchev–Trinajstić information content (AvgIpc) is 3.23. The lowest BCUT2D eigenvalue weighted by atomic mass is 10.0. The molecule has 186 valence electrons. The van der Waals surface area contributed by atoms with E-state index >= 15 is 0 Å². The molecule has 0 radical (unpaired) electrons. The predicted octanol–water partition coefficient (Wildman–Crippen LogP) is 5.38. The van der Waals surface area contributed by atoms with Crippen molar-refractivity contribution in [3.05, 3.63) is 81.6 Å². The molecule has 0 spiro atoms. The van der Waals surface area contributed by atoms with Crippen LogP contribution in [0.1, 0.15) is 27.0 Å². The first-order valence-electron chi connectivity index (χ1n) is 11.5. The van der Waals surface area contributed by atoms with Crippen LogP contribution < -0.4 is 23.7 Å². The van der Waals surface area contributed by atoms with Crippen LogP contribution in [0.3, 0.4) is 0 Å². The molecule has 8 heteroatoms. The lowest BCUT2D eigenvalue weighted by Gasteiger charge is -2.29. The van der Waals surface area contributed by atoms with Crippen molar-refractivity contribution in [1.29, 1.82) is 0 Å². The first-order chi connectivity index (χ1) is 17.5. The molecule has 0 bridgehead atoms. The topological polar surface area (TPSA) is 66.5 Å². The highest BCUT2D eigenvalue weighted by atomic mass is 35.5. The van der Waals surface area contributed by atoms with Crippen molar-refractivity contribution in [3.63, 3.8) is 0 Å². The minimum atomic E-state index is -0.192. The van der Waals surface area contributed by atoms with E-state index in [0.717, 1.165) is 29.3 Å². The molecule has 0 N–H and O–H groups in total.